The Hall–Kier alpha value is -4.34. The SMILES string of the molecule is OC[C@H]1O[C@H](O)[C@H](OCc2ccccc2)[C@@H](OCc2ccccc2)[C@@H]1O[C@@H]1O[C@H](COCc2ccccc2)[C@@H](OCc2ccccc2)[C@H](OCc2ccccc2)[C@@H]1O. The summed E-state index contributed by atoms with van der Waals surface area (Å²) in [5, 5.41) is 34.2. The van der Waals surface area contributed by atoms with Crippen LogP contribution in [0.1, 0.15) is 27.8 Å². The van der Waals surface area contributed by atoms with Crippen LogP contribution in [0.25, 0.3) is 0 Å². The van der Waals surface area contributed by atoms with Crippen molar-refractivity contribution in [1.82, 2.24) is 0 Å². The van der Waals surface area contributed by atoms with Crippen molar-refractivity contribution in [2.45, 2.75) is 94.4 Å². The minimum atomic E-state index is -1.46. The van der Waals surface area contributed by atoms with Gasteiger partial charge in [-0.15, -0.1) is 0 Å². The van der Waals surface area contributed by atoms with Crippen LogP contribution in [0.2, 0.25) is 0 Å². The lowest BCUT2D eigenvalue weighted by Crippen LogP contribution is -2.65. The van der Waals surface area contributed by atoms with E-state index in [-0.39, 0.29) is 33.0 Å². The fourth-order valence-electron chi connectivity index (χ4n) is 7.20. The summed E-state index contributed by atoms with van der Waals surface area (Å²) in [5.74, 6) is 0. The first-order valence-electron chi connectivity index (χ1n) is 19.7. The van der Waals surface area contributed by atoms with Crippen molar-refractivity contribution in [2.24, 2.45) is 0 Å². The van der Waals surface area contributed by atoms with Gasteiger partial charge in [-0.25, -0.2) is 0 Å². The van der Waals surface area contributed by atoms with Gasteiger partial charge in [0.25, 0.3) is 0 Å². The maximum absolute atomic E-state index is 12.2. The molecule has 10 atom stereocenters. The lowest BCUT2D eigenvalue weighted by Gasteiger charge is -2.48. The number of hydrogen-bond acceptors (Lipinski definition) is 11. The molecule has 306 valence electrons. The highest BCUT2D eigenvalue weighted by molar-refractivity contribution is 5.17. The van der Waals surface area contributed by atoms with Crippen molar-refractivity contribution >= 4 is 0 Å². The van der Waals surface area contributed by atoms with Crippen molar-refractivity contribution in [3.63, 3.8) is 0 Å². The topological polar surface area (TPSA) is 135 Å². The normalized spacial score (nSPS) is 27.3. The van der Waals surface area contributed by atoms with Gasteiger partial charge in [0.2, 0.25) is 0 Å². The monoisotopic (exact) mass is 792 g/mol. The molecular weight excluding hydrogens is 741 g/mol. The van der Waals surface area contributed by atoms with Crippen LogP contribution in [-0.2, 0) is 70.9 Å². The summed E-state index contributed by atoms with van der Waals surface area (Å²) in [7, 11) is 0. The van der Waals surface area contributed by atoms with E-state index in [2.05, 4.69) is 0 Å². The summed E-state index contributed by atoms with van der Waals surface area (Å²) in [4.78, 5) is 0. The molecular formula is C47H52O11. The maximum Gasteiger partial charge on any atom is 0.187 e. The van der Waals surface area contributed by atoms with E-state index in [0.717, 1.165) is 27.8 Å². The van der Waals surface area contributed by atoms with Crippen LogP contribution in [0, 0.1) is 0 Å². The van der Waals surface area contributed by atoms with Crippen LogP contribution < -0.4 is 0 Å². The molecule has 2 aliphatic rings. The van der Waals surface area contributed by atoms with Crippen molar-refractivity contribution in [1.29, 1.82) is 0 Å². The van der Waals surface area contributed by atoms with E-state index < -0.39 is 68.0 Å². The van der Waals surface area contributed by atoms with E-state index in [9.17, 15) is 15.3 Å². The molecule has 0 aromatic heterocycles. The lowest BCUT2D eigenvalue weighted by atomic mass is 9.96. The third kappa shape index (κ3) is 11.4. The van der Waals surface area contributed by atoms with Gasteiger partial charge in [0.15, 0.2) is 12.6 Å². The molecule has 0 amide bonds. The number of benzene rings is 5. The van der Waals surface area contributed by atoms with Crippen LogP contribution >= 0.6 is 0 Å². The second-order valence-electron chi connectivity index (χ2n) is 14.4. The molecule has 58 heavy (non-hydrogen) atoms. The molecule has 2 fully saturated rings. The molecule has 0 saturated carbocycles. The molecule has 0 bridgehead atoms. The van der Waals surface area contributed by atoms with Crippen molar-refractivity contribution < 1.29 is 53.2 Å². The molecule has 2 saturated heterocycles. The minimum Gasteiger partial charge on any atom is -0.394 e. The zero-order valence-corrected chi connectivity index (χ0v) is 32.3. The molecule has 11 nitrogen and oxygen atoms in total. The Balaban J connectivity index is 1.18. The minimum absolute atomic E-state index is 0.0756. The summed E-state index contributed by atoms with van der Waals surface area (Å²) in [6.45, 7) is 0.551. The number of rotatable bonds is 19. The first-order valence-corrected chi connectivity index (χ1v) is 19.7. The number of aliphatic hydroxyl groups excluding tert-OH is 3. The lowest BCUT2D eigenvalue weighted by molar-refractivity contribution is -0.369. The van der Waals surface area contributed by atoms with Crippen LogP contribution in [0.15, 0.2) is 152 Å². The summed E-state index contributed by atoms with van der Waals surface area (Å²) in [5.41, 5.74) is 4.57. The Morgan fingerprint density at radius 2 is 0.810 bits per heavy atom. The Morgan fingerprint density at radius 3 is 1.26 bits per heavy atom. The molecule has 0 aliphatic carbocycles. The van der Waals surface area contributed by atoms with Gasteiger partial charge < -0.3 is 53.2 Å². The zero-order chi connectivity index (χ0) is 39.9. The summed E-state index contributed by atoms with van der Waals surface area (Å²) >= 11 is 0. The third-order valence-corrected chi connectivity index (χ3v) is 10.2. The number of aliphatic hydroxyl groups is 3. The van der Waals surface area contributed by atoms with Crippen LogP contribution in [0.4, 0.5) is 0 Å². The predicted octanol–water partition coefficient (Wildman–Crippen LogP) is 5.73. The smallest absolute Gasteiger partial charge is 0.187 e. The summed E-state index contributed by atoms with van der Waals surface area (Å²) in [6.07, 6.45) is -10.9. The number of ether oxygens (including phenoxy) is 8. The van der Waals surface area contributed by atoms with Crippen molar-refractivity contribution in [3.8, 4) is 0 Å². The average Bonchev–Trinajstić information content (AvgIpc) is 3.27. The molecule has 5 aromatic carbocycles. The molecule has 2 aliphatic heterocycles. The highest BCUT2D eigenvalue weighted by Gasteiger charge is 2.53. The Labute approximate surface area is 339 Å². The molecule has 0 spiro atoms. The second-order valence-corrected chi connectivity index (χ2v) is 14.4. The van der Waals surface area contributed by atoms with E-state index in [1.807, 2.05) is 152 Å². The van der Waals surface area contributed by atoms with Crippen LogP contribution in [0.3, 0.4) is 0 Å². The molecule has 0 radical (unpaired) electrons. The third-order valence-electron chi connectivity index (χ3n) is 10.2. The standard InChI is InChI=1S/C47H52O11/c48-26-38-42(44(54-30-36-22-12-4-13-23-36)45(46(50)56-38)55-31-37-24-14-5-15-25-37)58-47-40(49)43(53-29-35-20-10-3-11-21-35)41(52-28-34-18-8-2-9-19-34)39(57-47)32-51-27-33-16-6-1-7-17-33/h1-25,38-50H,26-32H2/t38-,39-,40+,41-,42-,43-,44+,45-,46+,47+/m1/s1. The van der Waals surface area contributed by atoms with Gasteiger partial charge in [0.05, 0.1) is 46.2 Å². The largest absolute Gasteiger partial charge is 0.394 e. The zero-order valence-electron chi connectivity index (χ0n) is 32.3. The molecule has 3 N–H and O–H groups in total. The summed E-state index contributed by atoms with van der Waals surface area (Å²) in [6, 6.07) is 48.3. The van der Waals surface area contributed by atoms with Crippen LogP contribution in [0.5, 0.6) is 0 Å². The van der Waals surface area contributed by atoms with E-state index in [0.29, 0.717) is 6.61 Å². The molecule has 5 aromatic rings. The Bertz CT molecular complexity index is 1870. The van der Waals surface area contributed by atoms with E-state index in [1.54, 1.807) is 0 Å². The molecule has 11 heteroatoms. The van der Waals surface area contributed by atoms with Gasteiger partial charge in [-0.2, -0.15) is 0 Å². The quantitative estimate of drug-likeness (QED) is 0.0948. The summed E-state index contributed by atoms with van der Waals surface area (Å²) < 4.78 is 51.4. The predicted molar refractivity (Wildman–Crippen MR) is 214 cm³/mol. The van der Waals surface area contributed by atoms with Gasteiger partial charge in [-0.3, -0.25) is 0 Å². The van der Waals surface area contributed by atoms with Gasteiger partial charge in [-0.1, -0.05) is 152 Å². The average molecular weight is 793 g/mol. The van der Waals surface area contributed by atoms with E-state index in [4.69, 9.17) is 37.9 Å². The first-order chi connectivity index (χ1) is 28.6. The highest BCUT2D eigenvalue weighted by atomic mass is 16.7. The Kier molecular flexibility index (Phi) is 15.6. The van der Waals surface area contributed by atoms with Crippen molar-refractivity contribution in [2.75, 3.05) is 13.2 Å². The highest BCUT2D eigenvalue weighted by Crippen LogP contribution is 2.34. The number of hydrogen-bond donors (Lipinski definition) is 3. The first kappa shape index (κ1) is 41.8. The van der Waals surface area contributed by atoms with Gasteiger partial charge in [-0.05, 0) is 27.8 Å². The molecule has 2 heterocycles. The van der Waals surface area contributed by atoms with E-state index in [1.165, 1.54) is 0 Å². The fourth-order valence-corrected chi connectivity index (χ4v) is 7.20. The maximum atomic E-state index is 12.2. The van der Waals surface area contributed by atoms with Gasteiger partial charge >= 0.3 is 0 Å². The van der Waals surface area contributed by atoms with Gasteiger partial charge in [0, 0.05) is 0 Å². The Morgan fingerprint density at radius 1 is 0.414 bits per heavy atom. The molecule has 7 rings (SSSR count). The fraction of sp³-hybridized carbons (Fsp3) is 0.362. The van der Waals surface area contributed by atoms with E-state index >= 15 is 0 Å². The van der Waals surface area contributed by atoms with Crippen molar-refractivity contribution in [3.05, 3.63) is 179 Å². The molecule has 0 unspecified atom stereocenters. The van der Waals surface area contributed by atoms with Crippen LogP contribution in [-0.4, -0.2) is 89.9 Å². The second kappa shape index (κ2) is 21.6. The van der Waals surface area contributed by atoms with Gasteiger partial charge in [0.1, 0.15) is 48.8 Å².